The Balaban J connectivity index is 2.06. The summed E-state index contributed by atoms with van der Waals surface area (Å²) in [5, 5.41) is 9.78. The topological polar surface area (TPSA) is 40.5 Å². The van der Waals surface area contributed by atoms with E-state index in [1.165, 1.54) is 0 Å². The molecule has 3 nitrogen and oxygen atoms in total. The number of carboxylic acids is 1. The number of carbonyl (C=O) groups is 1. The van der Waals surface area contributed by atoms with Gasteiger partial charge in [-0.3, -0.25) is 9.69 Å². The molecule has 2 unspecified atom stereocenters. The molecular weight excluding hydrogens is 318 g/mol. The largest absolute Gasteiger partial charge is 0.481 e. The fourth-order valence-corrected chi connectivity index (χ4v) is 2.88. The lowest BCUT2D eigenvalue weighted by Crippen LogP contribution is -2.32. The Morgan fingerprint density at radius 1 is 1.61 bits per heavy atom. The van der Waals surface area contributed by atoms with Crippen LogP contribution in [0.1, 0.15) is 18.9 Å². The summed E-state index contributed by atoms with van der Waals surface area (Å²) >= 11 is 9.41. The van der Waals surface area contributed by atoms with Crippen LogP contribution in [0.15, 0.2) is 22.7 Å². The number of rotatable bonds is 3. The second kappa shape index (κ2) is 5.59. The maximum atomic E-state index is 11.1. The predicted molar refractivity (Wildman–Crippen MR) is 74.8 cm³/mol. The van der Waals surface area contributed by atoms with E-state index in [0.29, 0.717) is 5.02 Å². The first-order chi connectivity index (χ1) is 8.49. The molecule has 1 aromatic rings. The van der Waals surface area contributed by atoms with Crippen LogP contribution in [0.3, 0.4) is 0 Å². The van der Waals surface area contributed by atoms with E-state index in [1.807, 2.05) is 25.1 Å². The highest BCUT2D eigenvalue weighted by Crippen LogP contribution is 2.28. The Morgan fingerprint density at radius 2 is 2.33 bits per heavy atom. The maximum absolute atomic E-state index is 11.1. The Hall–Kier alpha value is -0.580. The minimum absolute atomic E-state index is 0.0740. The molecule has 1 aliphatic heterocycles. The van der Waals surface area contributed by atoms with Gasteiger partial charge in [-0.05, 0) is 53.5 Å². The number of likely N-dealkylation sites (tertiary alicyclic amines) is 1. The highest BCUT2D eigenvalue weighted by molar-refractivity contribution is 9.10. The predicted octanol–water partition coefficient (Wildman–Crippen LogP) is 3.40. The van der Waals surface area contributed by atoms with E-state index >= 15 is 0 Å². The molecule has 98 valence electrons. The van der Waals surface area contributed by atoms with E-state index in [4.69, 9.17) is 16.7 Å². The van der Waals surface area contributed by atoms with Gasteiger partial charge in [-0.15, -0.1) is 0 Å². The van der Waals surface area contributed by atoms with E-state index in [9.17, 15) is 4.79 Å². The van der Waals surface area contributed by atoms with Gasteiger partial charge in [0.05, 0.1) is 10.9 Å². The highest BCUT2D eigenvalue weighted by atomic mass is 79.9. The molecule has 5 heteroatoms. The first-order valence-electron chi connectivity index (χ1n) is 5.90. The van der Waals surface area contributed by atoms with Crippen LogP contribution in [0.5, 0.6) is 0 Å². The zero-order valence-corrected chi connectivity index (χ0v) is 12.4. The van der Waals surface area contributed by atoms with Gasteiger partial charge in [0.2, 0.25) is 0 Å². The minimum Gasteiger partial charge on any atom is -0.481 e. The molecule has 0 aliphatic carbocycles. The van der Waals surface area contributed by atoms with Gasteiger partial charge >= 0.3 is 5.97 Å². The van der Waals surface area contributed by atoms with Crippen molar-refractivity contribution in [2.75, 3.05) is 6.54 Å². The van der Waals surface area contributed by atoms with Crippen molar-refractivity contribution >= 4 is 33.5 Å². The summed E-state index contributed by atoms with van der Waals surface area (Å²) in [7, 11) is 0. The van der Waals surface area contributed by atoms with Crippen molar-refractivity contribution in [3.63, 3.8) is 0 Å². The summed E-state index contributed by atoms with van der Waals surface area (Å²) in [6, 6.07) is 5.93. The van der Waals surface area contributed by atoms with Crippen molar-refractivity contribution in [1.82, 2.24) is 4.90 Å². The van der Waals surface area contributed by atoms with E-state index in [-0.39, 0.29) is 12.0 Å². The van der Waals surface area contributed by atoms with E-state index in [1.54, 1.807) is 0 Å². The number of benzene rings is 1. The molecule has 2 rings (SSSR count). The zero-order chi connectivity index (χ0) is 13.3. The Labute approximate surface area is 120 Å². The summed E-state index contributed by atoms with van der Waals surface area (Å²) in [5.74, 6) is -0.949. The van der Waals surface area contributed by atoms with Crippen LogP contribution in [-0.4, -0.2) is 28.6 Å². The Morgan fingerprint density at radius 3 is 2.89 bits per heavy atom. The van der Waals surface area contributed by atoms with Crippen LogP contribution in [-0.2, 0) is 11.3 Å². The molecule has 0 saturated carbocycles. The fraction of sp³-hybridized carbons (Fsp3) is 0.462. The number of halogens is 2. The van der Waals surface area contributed by atoms with Crippen molar-refractivity contribution in [3.05, 3.63) is 33.3 Å². The van der Waals surface area contributed by atoms with Gasteiger partial charge in [0, 0.05) is 17.1 Å². The Bertz CT molecular complexity index is 466. The smallest absolute Gasteiger partial charge is 0.308 e. The van der Waals surface area contributed by atoms with E-state index in [0.717, 1.165) is 29.5 Å². The lowest BCUT2D eigenvalue weighted by molar-refractivity contribution is -0.142. The quantitative estimate of drug-likeness (QED) is 0.922. The second-order valence-corrected chi connectivity index (χ2v) is 5.95. The van der Waals surface area contributed by atoms with Gasteiger partial charge in [-0.25, -0.2) is 0 Å². The molecule has 0 bridgehead atoms. The third kappa shape index (κ3) is 2.87. The van der Waals surface area contributed by atoms with Crippen LogP contribution in [0.4, 0.5) is 0 Å². The molecule has 0 amide bonds. The number of nitrogens with zero attached hydrogens (tertiary/aromatic N) is 1. The number of hydrogen-bond donors (Lipinski definition) is 1. The van der Waals surface area contributed by atoms with Crippen LogP contribution < -0.4 is 0 Å². The van der Waals surface area contributed by atoms with Crippen molar-refractivity contribution in [1.29, 1.82) is 0 Å². The molecule has 1 N–H and O–H groups in total. The molecule has 0 spiro atoms. The minimum atomic E-state index is -0.696. The average molecular weight is 333 g/mol. The average Bonchev–Trinajstić information content (AvgIpc) is 2.66. The molecular formula is C13H15BrClNO2. The SMILES string of the molecule is CC1C(C(=O)O)CCN1Cc1ccc(Br)c(Cl)c1. The highest BCUT2D eigenvalue weighted by Gasteiger charge is 2.35. The third-order valence-electron chi connectivity index (χ3n) is 3.57. The molecule has 18 heavy (non-hydrogen) atoms. The van der Waals surface area contributed by atoms with Gasteiger partial charge in [-0.1, -0.05) is 17.7 Å². The van der Waals surface area contributed by atoms with Crippen molar-refractivity contribution in [2.45, 2.75) is 25.9 Å². The first kappa shape index (κ1) is 13.8. The summed E-state index contributed by atoms with van der Waals surface area (Å²) in [6.07, 6.45) is 0.723. The molecule has 2 atom stereocenters. The fourth-order valence-electron chi connectivity index (χ4n) is 2.43. The Kier molecular flexibility index (Phi) is 4.30. The molecule has 1 saturated heterocycles. The summed E-state index contributed by atoms with van der Waals surface area (Å²) in [5.41, 5.74) is 1.11. The first-order valence-corrected chi connectivity index (χ1v) is 7.07. The van der Waals surface area contributed by atoms with Gasteiger partial charge in [-0.2, -0.15) is 0 Å². The van der Waals surface area contributed by atoms with Crippen LogP contribution >= 0.6 is 27.5 Å². The van der Waals surface area contributed by atoms with Gasteiger partial charge in [0.1, 0.15) is 0 Å². The standard InChI is InChI=1S/C13H15BrClNO2/c1-8-10(13(17)18)4-5-16(8)7-9-2-3-11(14)12(15)6-9/h2-3,6,8,10H,4-5,7H2,1H3,(H,17,18). The zero-order valence-electron chi connectivity index (χ0n) is 10.1. The normalized spacial score (nSPS) is 24.4. The van der Waals surface area contributed by atoms with Crippen molar-refractivity contribution in [2.24, 2.45) is 5.92 Å². The van der Waals surface area contributed by atoms with Gasteiger partial charge in [0.15, 0.2) is 0 Å². The van der Waals surface area contributed by atoms with Gasteiger partial charge in [0.25, 0.3) is 0 Å². The van der Waals surface area contributed by atoms with Crippen LogP contribution in [0.25, 0.3) is 0 Å². The lowest BCUT2D eigenvalue weighted by atomic mass is 10.0. The van der Waals surface area contributed by atoms with Crippen LogP contribution in [0.2, 0.25) is 5.02 Å². The molecule has 0 aromatic heterocycles. The molecule has 1 aliphatic rings. The molecule has 1 aromatic carbocycles. The third-order valence-corrected chi connectivity index (χ3v) is 4.80. The number of aliphatic carboxylic acids is 1. The molecule has 1 heterocycles. The van der Waals surface area contributed by atoms with Crippen LogP contribution in [0, 0.1) is 5.92 Å². The molecule has 0 radical (unpaired) electrons. The maximum Gasteiger partial charge on any atom is 0.308 e. The van der Waals surface area contributed by atoms with E-state index in [2.05, 4.69) is 20.8 Å². The summed E-state index contributed by atoms with van der Waals surface area (Å²) in [6.45, 7) is 3.55. The second-order valence-electron chi connectivity index (χ2n) is 4.69. The summed E-state index contributed by atoms with van der Waals surface area (Å²) < 4.78 is 0.880. The summed E-state index contributed by atoms with van der Waals surface area (Å²) in [4.78, 5) is 13.2. The van der Waals surface area contributed by atoms with E-state index < -0.39 is 5.97 Å². The monoisotopic (exact) mass is 331 g/mol. The van der Waals surface area contributed by atoms with Crippen molar-refractivity contribution < 1.29 is 9.90 Å². The van der Waals surface area contributed by atoms with Crippen molar-refractivity contribution in [3.8, 4) is 0 Å². The number of hydrogen-bond acceptors (Lipinski definition) is 2. The lowest BCUT2D eigenvalue weighted by Gasteiger charge is -2.23. The molecule has 1 fully saturated rings. The van der Waals surface area contributed by atoms with Gasteiger partial charge < -0.3 is 5.11 Å². The number of carboxylic acid groups (broad SMARTS) is 1.